The number of carbonyl (C=O) groups excluding carboxylic acids is 1. The highest BCUT2D eigenvalue weighted by molar-refractivity contribution is 14.0. The van der Waals surface area contributed by atoms with Crippen LogP contribution in [0.5, 0.6) is 0 Å². The highest BCUT2D eigenvalue weighted by atomic mass is 127. The Morgan fingerprint density at radius 1 is 1.41 bits per heavy atom. The van der Waals surface area contributed by atoms with Crippen molar-refractivity contribution in [2.24, 2.45) is 4.99 Å². The molecule has 0 bridgehead atoms. The number of nitrogens with one attached hydrogen (secondary N) is 2. The SMILES string of the molecule is CN=C(NCc1ccc(F)c(CO)c1)NC1CN(C(=O)OC(C)(C)C)C1.I. The minimum absolute atomic E-state index is 0. The Balaban J connectivity index is 0.00000364. The van der Waals surface area contributed by atoms with E-state index < -0.39 is 11.4 Å². The molecule has 0 radical (unpaired) electrons. The fraction of sp³-hybridized carbons (Fsp3) is 0.556. The Morgan fingerprint density at radius 3 is 2.63 bits per heavy atom. The van der Waals surface area contributed by atoms with Gasteiger partial charge in [0.15, 0.2) is 5.96 Å². The Kier molecular flexibility index (Phi) is 8.73. The number of halogens is 2. The van der Waals surface area contributed by atoms with E-state index in [0.29, 0.717) is 25.6 Å². The summed E-state index contributed by atoms with van der Waals surface area (Å²) in [4.78, 5) is 17.7. The number of hydrogen-bond acceptors (Lipinski definition) is 4. The lowest BCUT2D eigenvalue weighted by atomic mass is 10.1. The minimum Gasteiger partial charge on any atom is -0.444 e. The summed E-state index contributed by atoms with van der Waals surface area (Å²) in [5.41, 5.74) is 0.595. The first-order valence-electron chi connectivity index (χ1n) is 8.55. The second-order valence-corrected chi connectivity index (χ2v) is 7.24. The van der Waals surface area contributed by atoms with Crippen molar-refractivity contribution in [1.29, 1.82) is 0 Å². The van der Waals surface area contributed by atoms with Gasteiger partial charge in [0.05, 0.1) is 12.6 Å². The molecule has 1 aliphatic heterocycles. The molecule has 0 spiro atoms. The quantitative estimate of drug-likeness (QED) is 0.340. The zero-order valence-corrected chi connectivity index (χ0v) is 18.4. The second-order valence-electron chi connectivity index (χ2n) is 7.24. The van der Waals surface area contributed by atoms with E-state index in [4.69, 9.17) is 9.84 Å². The standard InChI is InChI=1S/C18H27FN4O3.HI/c1-18(2,3)26-17(25)23-9-14(10-23)22-16(20-4)21-8-12-5-6-15(19)13(7-12)11-24;/h5-7,14,24H,8-11H2,1-4H3,(H2,20,21,22);1H. The van der Waals surface area contributed by atoms with Gasteiger partial charge in [-0.1, -0.05) is 6.07 Å². The summed E-state index contributed by atoms with van der Waals surface area (Å²) >= 11 is 0. The van der Waals surface area contributed by atoms with Crippen LogP contribution >= 0.6 is 24.0 Å². The highest BCUT2D eigenvalue weighted by Gasteiger charge is 2.34. The third-order valence-electron chi connectivity index (χ3n) is 3.84. The van der Waals surface area contributed by atoms with Crippen molar-refractivity contribution < 1.29 is 19.0 Å². The van der Waals surface area contributed by atoms with Crippen LogP contribution in [-0.4, -0.2) is 53.8 Å². The fourth-order valence-electron chi connectivity index (χ4n) is 2.48. The van der Waals surface area contributed by atoms with Crippen LogP contribution in [0, 0.1) is 5.82 Å². The first-order valence-corrected chi connectivity index (χ1v) is 8.55. The van der Waals surface area contributed by atoms with Crippen molar-refractivity contribution in [3.8, 4) is 0 Å². The number of guanidine groups is 1. The van der Waals surface area contributed by atoms with Crippen LogP contribution in [0.4, 0.5) is 9.18 Å². The number of likely N-dealkylation sites (tertiary alicyclic amines) is 1. The number of aliphatic hydroxyl groups excluding tert-OH is 1. The van der Waals surface area contributed by atoms with Crippen LogP contribution in [0.25, 0.3) is 0 Å². The van der Waals surface area contributed by atoms with Gasteiger partial charge in [0, 0.05) is 32.2 Å². The Morgan fingerprint density at radius 2 is 2.07 bits per heavy atom. The largest absolute Gasteiger partial charge is 0.444 e. The predicted molar refractivity (Wildman–Crippen MR) is 113 cm³/mol. The van der Waals surface area contributed by atoms with Crippen LogP contribution in [0.2, 0.25) is 0 Å². The predicted octanol–water partition coefficient (Wildman–Crippen LogP) is 2.22. The molecule has 1 saturated heterocycles. The topological polar surface area (TPSA) is 86.2 Å². The van der Waals surface area contributed by atoms with Gasteiger partial charge >= 0.3 is 6.09 Å². The maximum atomic E-state index is 13.4. The number of nitrogens with zero attached hydrogens (tertiary/aromatic N) is 2. The third-order valence-corrected chi connectivity index (χ3v) is 3.84. The molecule has 0 aliphatic carbocycles. The first-order chi connectivity index (χ1) is 12.2. The minimum atomic E-state index is -0.504. The van der Waals surface area contributed by atoms with E-state index in [2.05, 4.69) is 15.6 Å². The zero-order valence-electron chi connectivity index (χ0n) is 16.1. The molecule has 1 amide bonds. The smallest absolute Gasteiger partial charge is 0.410 e. The molecule has 7 nitrogen and oxygen atoms in total. The summed E-state index contributed by atoms with van der Waals surface area (Å²) in [6.07, 6.45) is -0.318. The molecule has 1 aromatic carbocycles. The number of aliphatic imine (C=N–C) groups is 1. The van der Waals surface area contributed by atoms with Crippen LogP contribution in [-0.2, 0) is 17.9 Å². The number of hydrogen-bond donors (Lipinski definition) is 3. The van der Waals surface area contributed by atoms with E-state index in [0.717, 1.165) is 5.56 Å². The molecule has 9 heteroatoms. The van der Waals surface area contributed by atoms with Crippen molar-refractivity contribution in [3.63, 3.8) is 0 Å². The van der Waals surface area contributed by atoms with Crippen LogP contribution in [0.1, 0.15) is 31.9 Å². The summed E-state index contributed by atoms with van der Waals surface area (Å²) in [5.74, 6) is 0.171. The molecule has 1 fully saturated rings. The lowest BCUT2D eigenvalue weighted by molar-refractivity contribution is 0.00701. The van der Waals surface area contributed by atoms with Gasteiger partial charge in [0.25, 0.3) is 0 Å². The number of aliphatic hydroxyl groups is 1. The number of amides is 1. The van der Waals surface area contributed by atoms with E-state index in [-0.39, 0.29) is 48.3 Å². The average molecular weight is 494 g/mol. The molecule has 1 heterocycles. The van der Waals surface area contributed by atoms with Gasteiger partial charge in [-0.15, -0.1) is 24.0 Å². The maximum Gasteiger partial charge on any atom is 0.410 e. The van der Waals surface area contributed by atoms with Gasteiger partial charge < -0.3 is 25.4 Å². The molecular formula is C18H28FIN4O3. The molecule has 0 saturated carbocycles. The maximum absolute atomic E-state index is 13.4. The van der Waals surface area contributed by atoms with Gasteiger partial charge in [0.1, 0.15) is 11.4 Å². The zero-order chi connectivity index (χ0) is 19.3. The molecular weight excluding hydrogens is 466 g/mol. The van der Waals surface area contributed by atoms with Crippen LogP contribution < -0.4 is 10.6 Å². The number of rotatable bonds is 4. The van der Waals surface area contributed by atoms with Crippen molar-refractivity contribution >= 4 is 36.0 Å². The van der Waals surface area contributed by atoms with E-state index in [1.807, 2.05) is 20.8 Å². The second kappa shape index (κ2) is 10.1. The number of benzene rings is 1. The summed E-state index contributed by atoms with van der Waals surface area (Å²) in [6.45, 7) is 6.70. The van der Waals surface area contributed by atoms with Crippen LogP contribution in [0.15, 0.2) is 23.2 Å². The third kappa shape index (κ3) is 7.13. The van der Waals surface area contributed by atoms with E-state index in [1.165, 1.54) is 6.07 Å². The molecule has 3 N–H and O–H groups in total. The lowest BCUT2D eigenvalue weighted by Gasteiger charge is -2.40. The lowest BCUT2D eigenvalue weighted by Crippen LogP contribution is -2.63. The normalized spacial score (nSPS) is 14.9. The molecule has 0 atom stereocenters. The highest BCUT2D eigenvalue weighted by Crippen LogP contribution is 2.15. The monoisotopic (exact) mass is 494 g/mol. The first kappa shape index (κ1) is 23.4. The van der Waals surface area contributed by atoms with E-state index in [1.54, 1.807) is 24.1 Å². The molecule has 0 aromatic heterocycles. The van der Waals surface area contributed by atoms with Crippen molar-refractivity contribution in [2.75, 3.05) is 20.1 Å². The van der Waals surface area contributed by atoms with Gasteiger partial charge in [-0.2, -0.15) is 0 Å². The molecule has 1 aliphatic rings. The van der Waals surface area contributed by atoms with Crippen molar-refractivity contribution in [2.45, 2.75) is 45.6 Å². The van der Waals surface area contributed by atoms with Crippen LogP contribution in [0.3, 0.4) is 0 Å². The summed E-state index contributed by atoms with van der Waals surface area (Å²) in [7, 11) is 1.66. The molecule has 152 valence electrons. The van der Waals surface area contributed by atoms with Gasteiger partial charge in [-0.25, -0.2) is 9.18 Å². The van der Waals surface area contributed by atoms with Gasteiger partial charge in [-0.05, 0) is 38.5 Å². The van der Waals surface area contributed by atoms with Gasteiger partial charge in [0.2, 0.25) is 0 Å². The number of carbonyl (C=O) groups is 1. The van der Waals surface area contributed by atoms with Gasteiger partial charge in [-0.3, -0.25) is 4.99 Å². The Labute approximate surface area is 176 Å². The molecule has 27 heavy (non-hydrogen) atoms. The summed E-state index contributed by atoms with van der Waals surface area (Å²) in [6, 6.07) is 4.70. The Hall–Kier alpha value is -1.62. The van der Waals surface area contributed by atoms with Crippen molar-refractivity contribution in [1.82, 2.24) is 15.5 Å². The summed E-state index contributed by atoms with van der Waals surface area (Å²) < 4.78 is 18.7. The average Bonchev–Trinajstić information content (AvgIpc) is 2.52. The summed E-state index contributed by atoms with van der Waals surface area (Å²) in [5, 5.41) is 15.5. The Bertz CT molecular complexity index is 673. The molecule has 1 aromatic rings. The molecule has 0 unspecified atom stereocenters. The molecule has 2 rings (SSSR count). The number of ether oxygens (including phenoxy) is 1. The fourth-order valence-corrected chi connectivity index (χ4v) is 2.48. The van der Waals surface area contributed by atoms with E-state index >= 15 is 0 Å². The van der Waals surface area contributed by atoms with E-state index in [9.17, 15) is 9.18 Å². The van der Waals surface area contributed by atoms with Crippen molar-refractivity contribution in [3.05, 3.63) is 35.1 Å².